The van der Waals surface area contributed by atoms with Gasteiger partial charge in [0.25, 0.3) is 11.8 Å². The Bertz CT molecular complexity index is 1110. The number of carbonyl (C=O) groups is 2. The predicted octanol–water partition coefficient (Wildman–Crippen LogP) is 5.05. The fourth-order valence-corrected chi connectivity index (χ4v) is 3.81. The minimum atomic E-state index is -0.388. The first-order valence-corrected chi connectivity index (χ1v) is 10.2. The number of fused-ring (bicyclic) bond motifs is 1. The molecule has 0 unspecified atom stereocenters. The maximum atomic E-state index is 13.2. The number of anilines is 1. The van der Waals surface area contributed by atoms with E-state index in [9.17, 15) is 18.4 Å². The van der Waals surface area contributed by atoms with Gasteiger partial charge >= 0.3 is 0 Å². The van der Waals surface area contributed by atoms with Crippen molar-refractivity contribution >= 4 is 17.5 Å². The first kappa shape index (κ1) is 20.7. The number of carbonyl (C=O) groups excluding carboxylic acids is 2. The summed E-state index contributed by atoms with van der Waals surface area (Å²) in [5.41, 5.74) is 3.42. The van der Waals surface area contributed by atoms with E-state index in [0.29, 0.717) is 17.7 Å². The minimum Gasteiger partial charge on any atom is -0.346 e. The van der Waals surface area contributed by atoms with Gasteiger partial charge in [-0.2, -0.15) is 0 Å². The molecule has 4 nitrogen and oxygen atoms in total. The summed E-state index contributed by atoms with van der Waals surface area (Å²) in [7, 11) is 0. The molecule has 1 aliphatic rings. The average Bonchev–Trinajstić information content (AvgIpc) is 2.78. The number of halogens is 2. The van der Waals surface area contributed by atoms with Crippen LogP contribution in [-0.2, 0) is 6.42 Å². The Morgan fingerprint density at radius 1 is 0.903 bits per heavy atom. The van der Waals surface area contributed by atoms with E-state index in [4.69, 9.17) is 0 Å². The lowest BCUT2D eigenvalue weighted by Gasteiger charge is -2.30. The van der Waals surface area contributed by atoms with Gasteiger partial charge in [-0.05, 0) is 85.5 Å². The first-order valence-electron chi connectivity index (χ1n) is 10.2. The molecule has 2 amide bonds. The van der Waals surface area contributed by atoms with E-state index in [-0.39, 0.29) is 29.5 Å². The molecule has 1 atom stereocenters. The van der Waals surface area contributed by atoms with Crippen molar-refractivity contribution < 1.29 is 18.4 Å². The summed E-state index contributed by atoms with van der Waals surface area (Å²) in [5, 5.41) is 2.93. The Hall–Kier alpha value is -3.54. The van der Waals surface area contributed by atoms with E-state index in [1.165, 1.54) is 36.4 Å². The van der Waals surface area contributed by atoms with Gasteiger partial charge in [0.05, 0.1) is 6.04 Å². The third-order valence-electron chi connectivity index (χ3n) is 5.51. The average molecular weight is 420 g/mol. The summed E-state index contributed by atoms with van der Waals surface area (Å²) in [6.07, 6.45) is 1.54. The van der Waals surface area contributed by atoms with Gasteiger partial charge in [-0.3, -0.25) is 9.59 Å². The Kier molecular flexibility index (Phi) is 5.80. The third kappa shape index (κ3) is 4.48. The van der Waals surface area contributed by atoms with Crippen LogP contribution in [0.15, 0.2) is 66.7 Å². The Morgan fingerprint density at radius 2 is 1.52 bits per heavy atom. The van der Waals surface area contributed by atoms with Gasteiger partial charge in [-0.15, -0.1) is 0 Å². The molecule has 0 saturated carbocycles. The Balaban J connectivity index is 1.52. The van der Waals surface area contributed by atoms with Gasteiger partial charge in [0.2, 0.25) is 0 Å². The second-order valence-electron chi connectivity index (χ2n) is 7.66. The zero-order valence-corrected chi connectivity index (χ0v) is 17.1. The maximum Gasteiger partial charge on any atom is 0.258 e. The summed E-state index contributed by atoms with van der Waals surface area (Å²) < 4.78 is 26.3. The van der Waals surface area contributed by atoms with Crippen molar-refractivity contribution in [3.8, 4) is 0 Å². The Labute approximate surface area is 179 Å². The van der Waals surface area contributed by atoms with Crippen molar-refractivity contribution in [3.63, 3.8) is 0 Å². The summed E-state index contributed by atoms with van der Waals surface area (Å²) in [6, 6.07) is 16.5. The smallest absolute Gasteiger partial charge is 0.258 e. The molecule has 158 valence electrons. The zero-order chi connectivity index (χ0) is 22.0. The highest BCUT2D eigenvalue weighted by atomic mass is 19.1. The summed E-state index contributed by atoms with van der Waals surface area (Å²) >= 11 is 0. The van der Waals surface area contributed by atoms with E-state index in [1.807, 2.05) is 13.0 Å². The molecule has 31 heavy (non-hydrogen) atoms. The van der Waals surface area contributed by atoms with Crippen LogP contribution in [0.3, 0.4) is 0 Å². The Morgan fingerprint density at radius 3 is 2.19 bits per heavy atom. The summed E-state index contributed by atoms with van der Waals surface area (Å²) in [5.74, 6) is -1.14. The van der Waals surface area contributed by atoms with Crippen LogP contribution in [0.4, 0.5) is 14.5 Å². The number of nitrogens with zero attached hydrogens (tertiary/aromatic N) is 1. The SMILES string of the molecule is C[C@H](NC(=O)c1ccc2c(c1)CCCN2C(=O)c1ccc(F)cc1)c1ccc(F)cc1. The predicted molar refractivity (Wildman–Crippen MR) is 115 cm³/mol. The van der Waals surface area contributed by atoms with Gasteiger partial charge in [-0.1, -0.05) is 12.1 Å². The molecule has 1 N–H and O–H groups in total. The highest BCUT2D eigenvalue weighted by molar-refractivity contribution is 6.07. The molecular weight excluding hydrogens is 398 g/mol. The quantitative estimate of drug-likeness (QED) is 0.642. The van der Waals surface area contributed by atoms with Gasteiger partial charge in [0, 0.05) is 23.4 Å². The molecule has 3 aromatic carbocycles. The van der Waals surface area contributed by atoms with E-state index >= 15 is 0 Å². The van der Waals surface area contributed by atoms with Crippen LogP contribution in [0, 0.1) is 11.6 Å². The van der Waals surface area contributed by atoms with E-state index in [2.05, 4.69) is 5.32 Å². The van der Waals surface area contributed by atoms with Crippen molar-refractivity contribution in [2.75, 3.05) is 11.4 Å². The van der Waals surface area contributed by atoms with Crippen LogP contribution < -0.4 is 10.2 Å². The molecule has 6 heteroatoms. The second-order valence-corrected chi connectivity index (χ2v) is 7.66. The molecule has 0 aromatic heterocycles. The number of amides is 2. The molecule has 3 aromatic rings. The summed E-state index contributed by atoms with van der Waals surface area (Å²) in [4.78, 5) is 27.3. The van der Waals surface area contributed by atoms with Crippen LogP contribution in [-0.4, -0.2) is 18.4 Å². The lowest BCUT2D eigenvalue weighted by Crippen LogP contribution is -2.35. The van der Waals surface area contributed by atoms with Crippen LogP contribution >= 0.6 is 0 Å². The molecule has 0 bridgehead atoms. The molecule has 0 saturated heterocycles. The monoisotopic (exact) mass is 420 g/mol. The van der Waals surface area contributed by atoms with Crippen LogP contribution in [0.25, 0.3) is 0 Å². The van der Waals surface area contributed by atoms with E-state index < -0.39 is 0 Å². The number of benzene rings is 3. The number of nitrogens with one attached hydrogen (secondary N) is 1. The number of aryl methyl sites for hydroxylation is 1. The van der Waals surface area contributed by atoms with Crippen molar-refractivity contribution in [1.29, 1.82) is 0 Å². The van der Waals surface area contributed by atoms with Crippen molar-refractivity contribution in [2.24, 2.45) is 0 Å². The zero-order valence-electron chi connectivity index (χ0n) is 17.1. The highest BCUT2D eigenvalue weighted by Gasteiger charge is 2.25. The third-order valence-corrected chi connectivity index (χ3v) is 5.51. The fourth-order valence-electron chi connectivity index (χ4n) is 3.81. The highest BCUT2D eigenvalue weighted by Crippen LogP contribution is 2.29. The van der Waals surface area contributed by atoms with Crippen LogP contribution in [0.5, 0.6) is 0 Å². The number of rotatable bonds is 4. The molecule has 0 radical (unpaired) electrons. The lowest BCUT2D eigenvalue weighted by atomic mass is 9.97. The van der Waals surface area contributed by atoms with Crippen LogP contribution in [0.1, 0.15) is 51.2 Å². The standard InChI is InChI=1S/C25H22F2N2O2/c1-16(17-4-9-21(26)10-5-17)28-24(30)20-8-13-23-19(15-20)3-2-14-29(23)25(31)18-6-11-22(27)12-7-18/h4-13,15-16H,2-3,14H2,1H3,(H,28,30)/t16-/m0/s1. The fraction of sp³-hybridized carbons (Fsp3) is 0.200. The molecule has 1 heterocycles. The first-order chi connectivity index (χ1) is 14.9. The van der Waals surface area contributed by atoms with Gasteiger partial charge in [0.1, 0.15) is 11.6 Å². The van der Waals surface area contributed by atoms with Gasteiger partial charge in [0.15, 0.2) is 0 Å². The van der Waals surface area contributed by atoms with Crippen molar-refractivity contribution in [2.45, 2.75) is 25.8 Å². The normalized spacial score (nSPS) is 14.0. The number of hydrogen-bond donors (Lipinski definition) is 1. The molecule has 4 rings (SSSR count). The second kappa shape index (κ2) is 8.68. The van der Waals surface area contributed by atoms with Gasteiger partial charge < -0.3 is 10.2 Å². The number of hydrogen-bond acceptors (Lipinski definition) is 2. The lowest BCUT2D eigenvalue weighted by molar-refractivity contribution is 0.0939. The molecular formula is C25H22F2N2O2. The molecule has 0 spiro atoms. The molecule has 0 aliphatic carbocycles. The van der Waals surface area contributed by atoms with E-state index in [1.54, 1.807) is 29.2 Å². The van der Waals surface area contributed by atoms with Crippen molar-refractivity contribution in [3.05, 3.63) is 101 Å². The largest absolute Gasteiger partial charge is 0.346 e. The van der Waals surface area contributed by atoms with Crippen molar-refractivity contribution in [1.82, 2.24) is 5.32 Å². The molecule has 0 fully saturated rings. The van der Waals surface area contributed by atoms with Crippen LogP contribution in [0.2, 0.25) is 0 Å². The van der Waals surface area contributed by atoms with Gasteiger partial charge in [-0.25, -0.2) is 8.78 Å². The topological polar surface area (TPSA) is 49.4 Å². The maximum absolute atomic E-state index is 13.2. The van der Waals surface area contributed by atoms with E-state index in [0.717, 1.165) is 29.7 Å². The minimum absolute atomic E-state index is 0.192. The summed E-state index contributed by atoms with van der Waals surface area (Å²) in [6.45, 7) is 2.41. The molecule has 1 aliphatic heterocycles.